The van der Waals surface area contributed by atoms with Crippen LogP contribution < -0.4 is 10.2 Å². The van der Waals surface area contributed by atoms with Gasteiger partial charge in [-0.3, -0.25) is 9.69 Å². The molecule has 0 radical (unpaired) electrons. The zero-order chi connectivity index (χ0) is 23.1. The standard InChI is InChI=1S/C23H18Cl2N6OS/c1-30-10-13-5-6-15(7-16(13)14(8-26)11-30)28-23-27-9-17-21(29-23)33-12-31(22(17)32)20-18(24)3-2-4-19(20)25/h2-7,9,14H,10-12H2,1H3,(H,27,28,29). The van der Waals surface area contributed by atoms with Crippen molar-refractivity contribution in [1.29, 1.82) is 5.26 Å². The van der Waals surface area contributed by atoms with Crippen LogP contribution in [-0.4, -0.2) is 40.2 Å². The number of amides is 1. The fraction of sp³-hybridized carbons (Fsp3) is 0.217. The molecule has 1 atom stereocenters. The van der Waals surface area contributed by atoms with Crippen molar-refractivity contribution >= 4 is 58.2 Å². The molecule has 0 spiro atoms. The molecule has 2 aromatic carbocycles. The number of para-hydroxylation sites is 1. The molecular weight excluding hydrogens is 479 g/mol. The number of benzene rings is 2. The van der Waals surface area contributed by atoms with Gasteiger partial charge in [-0.05, 0) is 42.4 Å². The normalized spacial score (nSPS) is 17.8. The number of anilines is 3. The second-order valence-corrected chi connectivity index (χ2v) is 9.65. The molecular formula is C23H18Cl2N6OS. The van der Waals surface area contributed by atoms with Crippen LogP contribution in [-0.2, 0) is 6.54 Å². The van der Waals surface area contributed by atoms with Gasteiger partial charge < -0.3 is 10.2 Å². The van der Waals surface area contributed by atoms with E-state index in [-0.39, 0.29) is 11.8 Å². The molecule has 0 bridgehead atoms. The first-order valence-electron chi connectivity index (χ1n) is 10.2. The minimum absolute atomic E-state index is 0.180. The molecule has 33 heavy (non-hydrogen) atoms. The lowest BCUT2D eigenvalue weighted by molar-refractivity contribution is 0.0985. The molecule has 1 aromatic heterocycles. The Hall–Kier alpha value is -2.83. The van der Waals surface area contributed by atoms with Crippen LogP contribution in [0.15, 0.2) is 47.6 Å². The Morgan fingerprint density at radius 3 is 2.79 bits per heavy atom. The van der Waals surface area contributed by atoms with Crippen LogP contribution in [0.3, 0.4) is 0 Å². The minimum Gasteiger partial charge on any atom is -0.324 e. The number of fused-ring (bicyclic) bond motifs is 2. The Kier molecular flexibility index (Phi) is 5.89. The highest BCUT2D eigenvalue weighted by molar-refractivity contribution is 7.99. The highest BCUT2D eigenvalue weighted by Gasteiger charge is 2.30. The molecule has 0 saturated heterocycles. The molecule has 2 aliphatic heterocycles. The third-order valence-corrected chi connectivity index (χ3v) is 7.22. The van der Waals surface area contributed by atoms with Crippen molar-refractivity contribution in [3.05, 3.63) is 69.3 Å². The van der Waals surface area contributed by atoms with Crippen molar-refractivity contribution in [2.75, 3.05) is 29.7 Å². The predicted octanol–water partition coefficient (Wildman–Crippen LogP) is 5.29. The van der Waals surface area contributed by atoms with E-state index in [1.165, 1.54) is 22.9 Å². The lowest BCUT2D eigenvalue weighted by Gasteiger charge is -2.29. The van der Waals surface area contributed by atoms with E-state index in [1.807, 2.05) is 25.2 Å². The van der Waals surface area contributed by atoms with Gasteiger partial charge in [-0.15, -0.1) is 0 Å². The summed E-state index contributed by atoms with van der Waals surface area (Å²) in [7, 11) is 2.01. The highest BCUT2D eigenvalue weighted by Crippen LogP contribution is 2.39. The zero-order valence-electron chi connectivity index (χ0n) is 17.5. The molecule has 3 heterocycles. The van der Waals surface area contributed by atoms with E-state index in [1.54, 1.807) is 18.2 Å². The van der Waals surface area contributed by atoms with Crippen LogP contribution in [0.4, 0.5) is 17.3 Å². The Bertz CT molecular complexity index is 1290. The number of nitrogens with zero attached hydrogens (tertiary/aromatic N) is 5. The van der Waals surface area contributed by atoms with E-state index in [9.17, 15) is 10.1 Å². The largest absolute Gasteiger partial charge is 0.324 e. The lowest BCUT2D eigenvalue weighted by Crippen LogP contribution is -2.35. The van der Waals surface area contributed by atoms with Gasteiger partial charge in [-0.25, -0.2) is 9.97 Å². The minimum atomic E-state index is -0.250. The summed E-state index contributed by atoms with van der Waals surface area (Å²) in [5, 5.41) is 14.2. The number of rotatable bonds is 3. The van der Waals surface area contributed by atoms with Gasteiger partial charge in [0.2, 0.25) is 5.95 Å². The zero-order valence-corrected chi connectivity index (χ0v) is 19.9. The number of likely N-dealkylation sites (N-methyl/N-ethyl adjacent to an activating group) is 1. The molecule has 0 aliphatic carbocycles. The SMILES string of the molecule is CN1Cc2ccc(Nc3ncc4c(n3)SCN(c3c(Cl)cccc3Cl)C4=O)cc2C(C#N)C1. The summed E-state index contributed by atoms with van der Waals surface area (Å²) in [4.78, 5) is 25.7. The van der Waals surface area contributed by atoms with Gasteiger partial charge in [-0.1, -0.05) is 47.1 Å². The van der Waals surface area contributed by atoms with Crippen LogP contribution >= 0.6 is 35.0 Å². The molecule has 1 N–H and O–H groups in total. The molecule has 0 fully saturated rings. The first-order chi connectivity index (χ1) is 15.9. The Balaban J connectivity index is 1.40. The van der Waals surface area contributed by atoms with E-state index >= 15 is 0 Å². The number of carbonyl (C=O) groups excluding carboxylic acids is 1. The van der Waals surface area contributed by atoms with Crippen LogP contribution in [0.1, 0.15) is 27.4 Å². The van der Waals surface area contributed by atoms with Crippen LogP contribution in [0.5, 0.6) is 0 Å². The van der Waals surface area contributed by atoms with E-state index in [2.05, 4.69) is 26.3 Å². The van der Waals surface area contributed by atoms with Crippen molar-refractivity contribution < 1.29 is 4.79 Å². The number of carbonyl (C=O) groups is 1. The molecule has 2 aliphatic rings. The van der Waals surface area contributed by atoms with E-state index in [0.717, 1.165) is 23.4 Å². The molecule has 7 nitrogen and oxygen atoms in total. The Labute approximate surface area is 205 Å². The maximum atomic E-state index is 13.1. The third-order valence-electron chi connectivity index (χ3n) is 5.63. The molecule has 10 heteroatoms. The monoisotopic (exact) mass is 496 g/mol. The van der Waals surface area contributed by atoms with Gasteiger partial charge in [0.25, 0.3) is 5.91 Å². The number of hydrogen-bond acceptors (Lipinski definition) is 7. The summed E-state index contributed by atoms with van der Waals surface area (Å²) in [5.41, 5.74) is 3.85. The Morgan fingerprint density at radius 2 is 2.03 bits per heavy atom. The maximum absolute atomic E-state index is 13.1. The molecule has 1 unspecified atom stereocenters. The summed E-state index contributed by atoms with van der Waals surface area (Å²) >= 11 is 14.0. The van der Waals surface area contributed by atoms with Crippen LogP contribution in [0.25, 0.3) is 0 Å². The van der Waals surface area contributed by atoms with Crippen LogP contribution in [0, 0.1) is 11.3 Å². The third kappa shape index (κ3) is 4.13. The van der Waals surface area contributed by atoms with E-state index in [4.69, 9.17) is 23.2 Å². The summed E-state index contributed by atoms with van der Waals surface area (Å²) in [6.07, 6.45) is 1.52. The Morgan fingerprint density at radius 1 is 1.24 bits per heavy atom. The van der Waals surface area contributed by atoms with Gasteiger partial charge in [0.05, 0.1) is 39.2 Å². The van der Waals surface area contributed by atoms with Crippen LogP contribution in [0.2, 0.25) is 10.0 Å². The first kappa shape index (κ1) is 22.0. The van der Waals surface area contributed by atoms with Gasteiger partial charge in [0.1, 0.15) is 5.03 Å². The average Bonchev–Trinajstić information content (AvgIpc) is 2.80. The van der Waals surface area contributed by atoms with Crippen molar-refractivity contribution in [3.63, 3.8) is 0 Å². The van der Waals surface area contributed by atoms with E-state index < -0.39 is 0 Å². The molecule has 5 rings (SSSR count). The smallest absolute Gasteiger partial charge is 0.263 e. The fourth-order valence-corrected chi connectivity index (χ4v) is 5.62. The molecule has 3 aromatic rings. The summed E-state index contributed by atoms with van der Waals surface area (Å²) in [6, 6.07) is 13.5. The maximum Gasteiger partial charge on any atom is 0.263 e. The first-order valence-corrected chi connectivity index (χ1v) is 11.9. The number of hydrogen-bond donors (Lipinski definition) is 1. The number of thioether (sulfide) groups is 1. The van der Waals surface area contributed by atoms with Gasteiger partial charge >= 0.3 is 0 Å². The topological polar surface area (TPSA) is 85.2 Å². The number of nitriles is 1. The predicted molar refractivity (Wildman–Crippen MR) is 130 cm³/mol. The van der Waals surface area contributed by atoms with Gasteiger partial charge in [0.15, 0.2) is 0 Å². The highest BCUT2D eigenvalue weighted by atomic mass is 35.5. The molecule has 166 valence electrons. The fourth-order valence-electron chi connectivity index (χ4n) is 4.07. The summed E-state index contributed by atoms with van der Waals surface area (Å²) in [6.45, 7) is 1.51. The molecule has 1 amide bonds. The van der Waals surface area contributed by atoms with Crippen molar-refractivity contribution in [3.8, 4) is 6.07 Å². The van der Waals surface area contributed by atoms with E-state index in [0.29, 0.717) is 44.7 Å². The number of aromatic nitrogens is 2. The van der Waals surface area contributed by atoms with Gasteiger partial charge in [-0.2, -0.15) is 5.26 Å². The average molecular weight is 497 g/mol. The summed E-state index contributed by atoms with van der Waals surface area (Å²) in [5.74, 6) is 0.294. The summed E-state index contributed by atoms with van der Waals surface area (Å²) < 4.78 is 0. The number of nitrogens with one attached hydrogen (secondary N) is 1. The van der Waals surface area contributed by atoms with Gasteiger partial charge in [0, 0.05) is 25.0 Å². The number of halogens is 2. The van der Waals surface area contributed by atoms with Crippen molar-refractivity contribution in [2.24, 2.45) is 0 Å². The second-order valence-electron chi connectivity index (χ2n) is 7.91. The van der Waals surface area contributed by atoms with Crippen molar-refractivity contribution in [1.82, 2.24) is 14.9 Å². The second kappa shape index (κ2) is 8.84. The van der Waals surface area contributed by atoms with Crippen molar-refractivity contribution in [2.45, 2.75) is 17.5 Å². The molecule has 0 saturated carbocycles. The lowest BCUT2D eigenvalue weighted by atomic mass is 9.90. The quantitative estimate of drug-likeness (QED) is 0.493.